The maximum Gasteiger partial charge on any atom is 0.472 e. The van der Waals surface area contributed by atoms with Crippen LogP contribution < -0.4 is 0 Å². The van der Waals surface area contributed by atoms with E-state index in [0.717, 1.165) is 108 Å². The molecule has 0 aliphatic carbocycles. The summed E-state index contributed by atoms with van der Waals surface area (Å²) in [4.78, 5) is 73.1. The van der Waals surface area contributed by atoms with Crippen molar-refractivity contribution in [3.63, 3.8) is 0 Å². The molecule has 0 amide bonds. The van der Waals surface area contributed by atoms with Crippen LogP contribution in [0.4, 0.5) is 0 Å². The molecule has 0 spiro atoms. The zero-order valence-electron chi connectivity index (χ0n) is 67.8. The lowest BCUT2D eigenvalue weighted by Gasteiger charge is -2.21. The highest BCUT2D eigenvalue weighted by atomic mass is 31.2. The van der Waals surface area contributed by atoms with Crippen molar-refractivity contribution < 1.29 is 80.2 Å². The van der Waals surface area contributed by atoms with Gasteiger partial charge in [-0.15, -0.1) is 0 Å². The molecule has 612 valence electrons. The minimum Gasteiger partial charge on any atom is -0.462 e. The van der Waals surface area contributed by atoms with Crippen molar-refractivity contribution >= 4 is 39.5 Å². The topological polar surface area (TPSA) is 237 Å². The molecular weight excluding hydrogens is 1340 g/mol. The van der Waals surface area contributed by atoms with E-state index in [-0.39, 0.29) is 25.7 Å². The minimum atomic E-state index is -4.97. The number of phosphoric ester groups is 2. The standard InChI is InChI=1S/C84H164O17P2/c1-8-11-12-13-14-15-16-17-18-19-20-21-22-23-24-29-32-38-45-53-60-67-83(88)100-79(71-94-81(86)65-58-51-44-37-31-28-26-25-27-30-35-42-49-56-63-76(6)9-2)73-98-102(90,91)96-69-78(85)70-97-103(92,93)99-74-80(72-95-82(87)66-59-52-47-40-41-48-55-62-75(4)5)101-84(89)68-61-54-46-39-34-33-36-43-50-57-64-77(7)10-3/h75-80,85H,8-74H2,1-7H3,(H,90,91)(H,92,93)/t76?,77?,78-,79-,80-/m1/s1. The molecule has 0 aromatic rings. The summed E-state index contributed by atoms with van der Waals surface area (Å²) >= 11 is 0. The maximum absolute atomic E-state index is 13.1. The van der Waals surface area contributed by atoms with Crippen LogP contribution in [-0.4, -0.2) is 96.7 Å². The number of carbonyl (C=O) groups is 4. The van der Waals surface area contributed by atoms with Crippen LogP contribution >= 0.6 is 15.6 Å². The molecule has 0 saturated heterocycles. The van der Waals surface area contributed by atoms with Gasteiger partial charge in [0, 0.05) is 25.7 Å². The first kappa shape index (κ1) is 101. The quantitative estimate of drug-likeness (QED) is 0.0222. The monoisotopic (exact) mass is 1510 g/mol. The van der Waals surface area contributed by atoms with Gasteiger partial charge in [0.05, 0.1) is 26.4 Å². The van der Waals surface area contributed by atoms with Crippen LogP contribution in [0.3, 0.4) is 0 Å². The molecule has 0 aromatic carbocycles. The molecule has 3 N–H and O–H groups in total. The second kappa shape index (κ2) is 74.2. The van der Waals surface area contributed by atoms with Crippen LogP contribution in [0.5, 0.6) is 0 Å². The number of unbranched alkanes of at least 4 members (excludes halogenated alkanes) is 48. The van der Waals surface area contributed by atoms with Gasteiger partial charge in [-0.25, -0.2) is 9.13 Å². The lowest BCUT2D eigenvalue weighted by molar-refractivity contribution is -0.161. The van der Waals surface area contributed by atoms with E-state index in [1.54, 1.807) is 0 Å². The number of esters is 4. The molecule has 0 fully saturated rings. The summed E-state index contributed by atoms with van der Waals surface area (Å²) in [7, 11) is -9.93. The van der Waals surface area contributed by atoms with Crippen molar-refractivity contribution in [2.75, 3.05) is 39.6 Å². The van der Waals surface area contributed by atoms with Crippen LogP contribution in [0, 0.1) is 17.8 Å². The number of rotatable bonds is 82. The number of ether oxygens (including phenoxy) is 4. The first-order valence-electron chi connectivity index (χ1n) is 43.4. The Labute approximate surface area is 632 Å². The largest absolute Gasteiger partial charge is 0.472 e. The number of aliphatic hydroxyl groups excluding tert-OH is 1. The molecule has 19 heteroatoms. The normalized spacial score (nSPS) is 14.4. The average molecular weight is 1510 g/mol. The summed E-state index contributed by atoms with van der Waals surface area (Å²) in [5.41, 5.74) is 0. The zero-order valence-corrected chi connectivity index (χ0v) is 69.6. The molecule has 0 bridgehead atoms. The van der Waals surface area contributed by atoms with Gasteiger partial charge in [-0.1, -0.05) is 389 Å². The maximum atomic E-state index is 13.1. The van der Waals surface area contributed by atoms with Crippen LogP contribution in [0.15, 0.2) is 0 Å². The van der Waals surface area contributed by atoms with Crippen molar-refractivity contribution in [2.24, 2.45) is 17.8 Å². The predicted molar refractivity (Wildman–Crippen MR) is 423 cm³/mol. The number of phosphoric acid groups is 2. The van der Waals surface area contributed by atoms with Gasteiger partial charge in [-0.3, -0.25) is 37.3 Å². The third kappa shape index (κ3) is 75.3. The van der Waals surface area contributed by atoms with Crippen molar-refractivity contribution in [1.29, 1.82) is 0 Å². The SMILES string of the molecule is CCCCCCCCCCCCCCCCCCCCCCCC(=O)O[C@H](COC(=O)CCCCCCCCCCCCCCCCC(C)CC)COP(=O)(O)OC[C@@H](O)COP(=O)(O)OC[C@@H](COC(=O)CCCCCCCCCC(C)C)OC(=O)CCCCCCCCCCCCC(C)CC. The fourth-order valence-electron chi connectivity index (χ4n) is 13.0. The number of hydrogen-bond donors (Lipinski definition) is 3. The van der Waals surface area contributed by atoms with Crippen LogP contribution in [0.1, 0.15) is 440 Å². The van der Waals surface area contributed by atoms with E-state index in [0.29, 0.717) is 31.6 Å². The molecule has 0 radical (unpaired) electrons. The second-order valence-corrected chi connectivity index (χ2v) is 34.1. The van der Waals surface area contributed by atoms with Crippen molar-refractivity contribution in [2.45, 2.75) is 458 Å². The zero-order chi connectivity index (χ0) is 75.8. The fraction of sp³-hybridized carbons (Fsp3) is 0.952. The molecule has 17 nitrogen and oxygen atoms in total. The average Bonchev–Trinajstić information content (AvgIpc) is 0.926. The highest BCUT2D eigenvalue weighted by molar-refractivity contribution is 7.47. The summed E-state index contributed by atoms with van der Waals surface area (Å²) in [5, 5.41) is 10.7. The Balaban J connectivity index is 5.23. The van der Waals surface area contributed by atoms with E-state index in [2.05, 4.69) is 48.5 Å². The molecule has 0 saturated carbocycles. The molecule has 0 aliphatic rings. The first-order chi connectivity index (χ1) is 49.8. The van der Waals surface area contributed by atoms with Gasteiger partial charge in [-0.2, -0.15) is 0 Å². The second-order valence-electron chi connectivity index (χ2n) is 31.2. The molecule has 4 unspecified atom stereocenters. The number of carbonyl (C=O) groups excluding carboxylic acids is 4. The van der Waals surface area contributed by atoms with Crippen LogP contribution in [0.2, 0.25) is 0 Å². The van der Waals surface area contributed by atoms with Gasteiger partial charge in [0.1, 0.15) is 19.3 Å². The Morgan fingerprint density at radius 1 is 0.282 bits per heavy atom. The molecule has 0 aliphatic heterocycles. The minimum absolute atomic E-state index is 0.106. The summed E-state index contributed by atoms with van der Waals surface area (Å²) in [5.74, 6) is 0.248. The predicted octanol–water partition coefficient (Wildman–Crippen LogP) is 25.3. The van der Waals surface area contributed by atoms with Gasteiger partial charge >= 0.3 is 39.5 Å². The first-order valence-corrected chi connectivity index (χ1v) is 46.4. The Morgan fingerprint density at radius 3 is 0.738 bits per heavy atom. The van der Waals surface area contributed by atoms with E-state index < -0.39 is 97.5 Å². The molecular formula is C84H164O17P2. The van der Waals surface area contributed by atoms with E-state index in [4.69, 9.17) is 37.0 Å². The van der Waals surface area contributed by atoms with Gasteiger partial charge in [0.15, 0.2) is 12.2 Å². The van der Waals surface area contributed by atoms with Gasteiger partial charge < -0.3 is 33.8 Å². The molecule has 0 aromatic heterocycles. The van der Waals surface area contributed by atoms with Crippen molar-refractivity contribution in [3.05, 3.63) is 0 Å². The Kier molecular flexibility index (Phi) is 72.8. The molecule has 0 heterocycles. The third-order valence-electron chi connectivity index (χ3n) is 20.4. The molecule has 7 atom stereocenters. The number of hydrogen-bond acceptors (Lipinski definition) is 15. The van der Waals surface area contributed by atoms with E-state index in [1.807, 2.05) is 0 Å². The van der Waals surface area contributed by atoms with E-state index >= 15 is 0 Å². The summed E-state index contributed by atoms with van der Waals surface area (Å²) in [6.45, 7) is 12.0. The number of aliphatic hydroxyl groups is 1. The van der Waals surface area contributed by atoms with Crippen molar-refractivity contribution in [3.8, 4) is 0 Å². The highest BCUT2D eigenvalue weighted by Gasteiger charge is 2.30. The fourth-order valence-corrected chi connectivity index (χ4v) is 14.5. The smallest absolute Gasteiger partial charge is 0.462 e. The lowest BCUT2D eigenvalue weighted by Crippen LogP contribution is -2.30. The van der Waals surface area contributed by atoms with Gasteiger partial charge in [0.2, 0.25) is 0 Å². The Morgan fingerprint density at radius 2 is 0.495 bits per heavy atom. The Bertz CT molecular complexity index is 2000. The summed E-state index contributed by atoms with van der Waals surface area (Å²) in [6, 6.07) is 0. The highest BCUT2D eigenvalue weighted by Crippen LogP contribution is 2.45. The molecule has 103 heavy (non-hydrogen) atoms. The lowest BCUT2D eigenvalue weighted by atomic mass is 9.99. The van der Waals surface area contributed by atoms with Gasteiger partial charge in [0.25, 0.3) is 0 Å². The Hall–Kier alpha value is -1.94. The van der Waals surface area contributed by atoms with Gasteiger partial charge in [-0.05, 0) is 43.4 Å². The van der Waals surface area contributed by atoms with E-state index in [1.165, 1.54) is 244 Å². The molecule has 0 rings (SSSR count). The summed E-state index contributed by atoms with van der Waals surface area (Å²) in [6.07, 6.45) is 63.9. The van der Waals surface area contributed by atoms with Crippen LogP contribution in [-0.2, 0) is 65.4 Å². The van der Waals surface area contributed by atoms with E-state index in [9.17, 15) is 43.2 Å². The van der Waals surface area contributed by atoms with Crippen molar-refractivity contribution in [1.82, 2.24) is 0 Å². The summed E-state index contributed by atoms with van der Waals surface area (Å²) < 4.78 is 68.8. The van der Waals surface area contributed by atoms with Crippen LogP contribution in [0.25, 0.3) is 0 Å². The third-order valence-corrected chi connectivity index (χ3v) is 22.3.